The van der Waals surface area contributed by atoms with E-state index in [0.717, 1.165) is 19.3 Å². The van der Waals surface area contributed by atoms with Crippen LogP contribution in [0.1, 0.15) is 33.1 Å². The molecule has 0 aromatic heterocycles. The van der Waals surface area contributed by atoms with Gasteiger partial charge >= 0.3 is 11.7 Å². The summed E-state index contributed by atoms with van der Waals surface area (Å²) in [5.41, 5.74) is -0.238. The second-order valence-corrected chi connectivity index (χ2v) is 6.62. The highest BCUT2D eigenvalue weighted by molar-refractivity contribution is 5.81. The summed E-state index contributed by atoms with van der Waals surface area (Å²) >= 11 is 0. The van der Waals surface area contributed by atoms with Gasteiger partial charge in [0.2, 0.25) is 0 Å². The second kappa shape index (κ2) is 9.17. The fourth-order valence-corrected chi connectivity index (χ4v) is 3.09. The number of hydrogen-bond acceptors (Lipinski definition) is 6. The van der Waals surface area contributed by atoms with Gasteiger partial charge in [-0.15, -0.1) is 0 Å². The van der Waals surface area contributed by atoms with E-state index in [-0.39, 0.29) is 23.4 Å². The van der Waals surface area contributed by atoms with Crippen molar-refractivity contribution in [3.8, 4) is 5.75 Å². The lowest BCUT2D eigenvalue weighted by Gasteiger charge is -2.34. The number of nitro benzene ring substituents is 1. The second-order valence-electron chi connectivity index (χ2n) is 6.62. The molecule has 0 heterocycles. The Morgan fingerprint density at radius 2 is 1.96 bits per heavy atom. The summed E-state index contributed by atoms with van der Waals surface area (Å²) < 4.78 is 10.0. The number of esters is 1. The SMILES string of the molecule is C[C@@H]1[C@@H](C)CCC[C@H]1NC(=O)COC(=O)COc1ccccc1[N+](=O)[O-]. The van der Waals surface area contributed by atoms with Crippen LogP contribution in [0.3, 0.4) is 0 Å². The van der Waals surface area contributed by atoms with Crippen LogP contribution in [0, 0.1) is 22.0 Å². The van der Waals surface area contributed by atoms with E-state index < -0.39 is 24.1 Å². The van der Waals surface area contributed by atoms with Crippen molar-refractivity contribution in [1.82, 2.24) is 5.32 Å². The molecule has 1 amide bonds. The van der Waals surface area contributed by atoms with Crippen molar-refractivity contribution in [3.05, 3.63) is 34.4 Å². The van der Waals surface area contributed by atoms with Crippen molar-refractivity contribution < 1.29 is 24.0 Å². The number of nitrogens with zero attached hydrogens (tertiary/aromatic N) is 1. The lowest BCUT2D eigenvalue weighted by atomic mass is 9.78. The zero-order valence-electron chi connectivity index (χ0n) is 15.0. The Kier molecular flexibility index (Phi) is 6.94. The molecule has 1 saturated carbocycles. The topological polar surface area (TPSA) is 108 Å². The Morgan fingerprint density at radius 3 is 2.69 bits per heavy atom. The van der Waals surface area contributed by atoms with Crippen molar-refractivity contribution >= 4 is 17.6 Å². The molecule has 0 aliphatic heterocycles. The molecule has 1 N–H and O–H groups in total. The first-order chi connectivity index (χ1) is 12.4. The Morgan fingerprint density at radius 1 is 1.23 bits per heavy atom. The molecule has 0 saturated heterocycles. The van der Waals surface area contributed by atoms with Crippen LogP contribution in [0.5, 0.6) is 5.75 Å². The zero-order valence-corrected chi connectivity index (χ0v) is 15.0. The Balaban J connectivity index is 1.75. The summed E-state index contributed by atoms with van der Waals surface area (Å²) in [5.74, 6) is -0.209. The quantitative estimate of drug-likeness (QED) is 0.452. The lowest BCUT2D eigenvalue weighted by molar-refractivity contribution is -0.385. The normalized spacial score (nSPS) is 22.3. The molecule has 1 aromatic carbocycles. The van der Waals surface area contributed by atoms with Crippen LogP contribution >= 0.6 is 0 Å². The van der Waals surface area contributed by atoms with Crippen LogP contribution in [-0.2, 0) is 14.3 Å². The number of hydrogen-bond donors (Lipinski definition) is 1. The molecule has 0 radical (unpaired) electrons. The number of nitrogens with one attached hydrogen (secondary N) is 1. The van der Waals surface area contributed by atoms with Crippen LogP contribution < -0.4 is 10.1 Å². The third kappa shape index (κ3) is 5.44. The van der Waals surface area contributed by atoms with Gasteiger partial charge in [0.25, 0.3) is 5.91 Å². The minimum atomic E-state index is -0.761. The van der Waals surface area contributed by atoms with E-state index >= 15 is 0 Å². The number of nitro groups is 1. The number of benzene rings is 1. The van der Waals surface area contributed by atoms with Crippen LogP contribution in [0.15, 0.2) is 24.3 Å². The van der Waals surface area contributed by atoms with Crippen LogP contribution in [0.4, 0.5) is 5.69 Å². The zero-order chi connectivity index (χ0) is 19.1. The molecule has 8 nitrogen and oxygen atoms in total. The molecule has 142 valence electrons. The van der Waals surface area contributed by atoms with Crippen molar-refractivity contribution in [3.63, 3.8) is 0 Å². The largest absolute Gasteiger partial charge is 0.475 e. The number of ether oxygens (including phenoxy) is 2. The highest BCUT2D eigenvalue weighted by Crippen LogP contribution is 2.29. The molecule has 26 heavy (non-hydrogen) atoms. The highest BCUT2D eigenvalue weighted by Gasteiger charge is 2.28. The van der Waals surface area contributed by atoms with E-state index in [0.29, 0.717) is 11.8 Å². The van der Waals surface area contributed by atoms with Crippen molar-refractivity contribution in [2.75, 3.05) is 13.2 Å². The van der Waals surface area contributed by atoms with Gasteiger partial charge in [0.1, 0.15) is 0 Å². The molecule has 1 fully saturated rings. The number of para-hydroxylation sites is 2. The molecule has 1 aliphatic rings. The molecular formula is C18H24N2O6. The lowest BCUT2D eigenvalue weighted by Crippen LogP contribution is -2.45. The van der Waals surface area contributed by atoms with Gasteiger partial charge in [-0.2, -0.15) is 0 Å². The molecule has 0 spiro atoms. The van der Waals surface area contributed by atoms with E-state index in [1.165, 1.54) is 18.2 Å². The molecule has 1 aliphatic carbocycles. The van der Waals surface area contributed by atoms with E-state index in [1.807, 2.05) is 0 Å². The highest BCUT2D eigenvalue weighted by atomic mass is 16.6. The van der Waals surface area contributed by atoms with Crippen LogP contribution in [-0.4, -0.2) is 36.1 Å². The maximum Gasteiger partial charge on any atom is 0.344 e. The van der Waals surface area contributed by atoms with Gasteiger partial charge in [-0.1, -0.05) is 38.8 Å². The first-order valence-electron chi connectivity index (χ1n) is 8.69. The van der Waals surface area contributed by atoms with E-state index in [2.05, 4.69) is 19.2 Å². The first-order valence-corrected chi connectivity index (χ1v) is 8.69. The summed E-state index contributed by atoms with van der Waals surface area (Å²) in [6.07, 6.45) is 3.15. The van der Waals surface area contributed by atoms with Crippen molar-refractivity contribution in [1.29, 1.82) is 0 Å². The van der Waals surface area contributed by atoms with Gasteiger partial charge < -0.3 is 14.8 Å². The minimum absolute atomic E-state index is 0.0241. The maximum absolute atomic E-state index is 12.0. The fraction of sp³-hybridized carbons (Fsp3) is 0.556. The molecule has 1 aromatic rings. The molecular weight excluding hydrogens is 340 g/mol. The smallest absolute Gasteiger partial charge is 0.344 e. The summed E-state index contributed by atoms with van der Waals surface area (Å²) in [5, 5.41) is 13.8. The number of carbonyl (C=O) groups is 2. The molecule has 0 unspecified atom stereocenters. The summed E-state index contributed by atoms with van der Waals surface area (Å²) in [6, 6.07) is 5.83. The minimum Gasteiger partial charge on any atom is -0.475 e. The third-order valence-electron chi connectivity index (χ3n) is 4.82. The maximum atomic E-state index is 12.0. The summed E-state index contributed by atoms with van der Waals surface area (Å²) in [4.78, 5) is 34.0. The first kappa shape index (κ1) is 19.7. The van der Waals surface area contributed by atoms with Gasteiger partial charge in [0.05, 0.1) is 4.92 Å². The monoisotopic (exact) mass is 364 g/mol. The third-order valence-corrected chi connectivity index (χ3v) is 4.82. The van der Waals surface area contributed by atoms with Gasteiger partial charge in [0, 0.05) is 12.1 Å². The standard InChI is InChI=1S/C18H24N2O6/c1-12-6-5-7-14(13(12)2)19-17(21)10-26-18(22)11-25-16-9-4-3-8-15(16)20(23)24/h3-4,8-9,12-14H,5-7,10-11H2,1-2H3,(H,19,21)/t12-,13+,14+/m0/s1. The number of amides is 1. The van der Waals surface area contributed by atoms with Gasteiger partial charge in [0.15, 0.2) is 19.0 Å². The van der Waals surface area contributed by atoms with Crippen LogP contribution in [0.2, 0.25) is 0 Å². The summed E-state index contributed by atoms with van der Waals surface area (Å²) in [7, 11) is 0. The van der Waals surface area contributed by atoms with Gasteiger partial charge in [-0.25, -0.2) is 4.79 Å². The predicted octanol–water partition coefficient (Wildman–Crippen LogP) is 2.46. The summed E-state index contributed by atoms with van der Waals surface area (Å²) in [6.45, 7) is 3.39. The van der Waals surface area contributed by atoms with Crippen molar-refractivity contribution in [2.45, 2.75) is 39.2 Å². The van der Waals surface area contributed by atoms with E-state index in [9.17, 15) is 19.7 Å². The fourth-order valence-electron chi connectivity index (χ4n) is 3.09. The average Bonchev–Trinajstić information content (AvgIpc) is 2.62. The van der Waals surface area contributed by atoms with Crippen LogP contribution in [0.25, 0.3) is 0 Å². The predicted molar refractivity (Wildman–Crippen MR) is 93.7 cm³/mol. The van der Waals surface area contributed by atoms with Gasteiger partial charge in [-0.3, -0.25) is 14.9 Å². The Bertz CT molecular complexity index is 663. The van der Waals surface area contributed by atoms with E-state index in [4.69, 9.17) is 9.47 Å². The molecule has 0 bridgehead atoms. The molecule has 8 heteroatoms. The van der Waals surface area contributed by atoms with Crippen molar-refractivity contribution in [2.24, 2.45) is 11.8 Å². The number of carbonyl (C=O) groups excluding carboxylic acids is 2. The Hall–Kier alpha value is -2.64. The average molecular weight is 364 g/mol. The van der Waals surface area contributed by atoms with E-state index in [1.54, 1.807) is 6.07 Å². The number of rotatable bonds is 7. The van der Waals surface area contributed by atoms with Gasteiger partial charge in [-0.05, 0) is 24.3 Å². The molecule has 2 rings (SSSR count). The Labute approximate surface area is 152 Å². The molecule has 3 atom stereocenters.